The average molecular weight is 549 g/mol. The van der Waals surface area contributed by atoms with Crippen molar-refractivity contribution in [3.05, 3.63) is 71.8 Å². The molecule has 39 heavy (non-hydrogen) atoms. The largest absolute Gasteiger partial charge is 0.485 e. The van der Waals surface area contributed by atoms with Crippen molar-refractivity contribution >= 4 is 52.7 Å². The van der Waals surface area contributed by atoms with E-state index in [-0.39, 0.29) is 35.4 Å². The molecule has 1 aliphatic heterocycles. The van der Waals surface area contributed by atoms with E-state index in [4.69, 9.17) is 9.47 Å². The number of aldehydes is 1. The quantitative estimate of drug-likeness (QED) is 0.209. The van der Waals surface area contributed by atoms with Gasteiger partial charge in [0.05, 0.1) is 17.5 Å². The number of rotatable bonds is 11. The number of thioether (sulfide) groups is 1. The number of hydrogen-bond acceptors (Lipinski definition) is 8. The van der Waals surface area contributed by atoms with Crippen LogP contribution in [0, 0.1) is 0 Å². The van der Waals surface area contributed by atoms with Crippen molar-refractivity contribution in [1.29, 1.82) is 0 Å². The Morgan fingerprint density at radius 1 is 1.10 bits per heavy atom. The topological polar surface area (TPSA) is 102 Å². The van der Waals surface area contributed by atoms with Gasteiger partial charge in [-0.1, -0.05) is 42.5 Å². The molecule has 0 aliphatic carbocycles. The van der Waals surface area contributed by atoms with E-state index in [9.17, 15) is 19.2 Å². The molecule has 9 heteroatoms. The molecular weight excluding hydrogens is 516 g/mol. The van der Waals surface area contributed by atoms with Gasteiger partial charge in [0.1, 0.15) is 23.7 Å². The second kappa shape index (κ2) is 12.4. The van der Waals surface area contributed by atoms with Gasteiger partial charge in [0, 0.05) is 23.2 Å². The van der Waals surface area contributed by atoms with Gasteiger partial charge < -0.3 is 24.5 Å². The first-order valence-electron chi connectivity index (χ1n) is 12.7. The summed E-state index contributed by atoms with van der Waals surface area (Å²) in [5.41, 5.74) is 0.578. The van der Waals surface area contributed by atoms with Crippen LogP contribution in [-0.2, 0) is 19.1 Å². The Labute approximate surface area is 232 Å². The lowest BCUT2D eigenvalue weighted by atomic mass is 10.0. The molecule has 1 saturated heterocycles. The summed E-state index contributed by atoms with van der Waals surface area (Å²) in [4.78, 5) is 51.5. The summed E-state index contributed by atoms with van der Waals surface area (Å²) < 4.78 is 11.3. The number of hydrogen-bond donors (Lipinski definition) is 1. The van der Waals surface area contributed by atoms with Gasteiger partial charge in [0.25, 0.3) is 0 Å². The Kier molecular flexibility index (Phi) is 9.04. The predicted octanol–water partition coefficient (Wildman–Crippen LogP) is 4.70. The molecule has 1 heterocycles. The van der Waals surface area contributed by atoms with E-state index in [0.29, 0.717) is 18.4 Å². The van der Waals surface area contributed by atoms with Gasteiger partial charge in [-0.05, 0) is 49.9 Å². The summed E-state index contributed by atoms with van der Waals surface area (Å²) in [5.74, 6) is 0.511. The monoisotopic (exact) mass is 548 g/mol. The highest BCUT2D eigenvalue weighted by molar-refractivity contribution is 7.99. The fourth-order valence-electron chi connectivity index (χ4n) is 4.43. The zero-order valence-electron chi connectivity index (χ0n) is 22.2. The van der Waals surface area contributed by atoms with E-state index in [0.717, 1.165) is 33.5 Å². The first-order chi connectivity index (χ1) is 18.7. The minimum absolute atomic E-state index is 0.00195. The average Bonchev–Trinajstić information content (AvgIpc) is 3.46. The normalized spacial score (nSPS) is 15.9. The Hall–Kier alpha value is -3.69. The summed E-state index contributed by atoms with van der Waals surface area (Å²) in [6, 6.07) is 17.4. The first kappa shape index (κ1) is 28.3. The third kappa shape index (κ3) is 7.04. The maximum Gasteiger partial charge on any atom is 0.308 e. The van der Waals surface area contributed by atoms with Gasteiger partial charge in [-0.2, -0.15) is 0 Å². The SMILES string of the molecule is CC(C)(C)OC(=O)C[C@@H](C=O)N(C=O)c1ccc(C2NCCS2)cc1C(=O)COc1cccc2ccccc12. The zero-order valence-corrected chi connectivity index (χ0v) is 23.0. The molecule has 2 atom stereocenters. The summed E-state index contributed by atoms with van der Waals surface area (Å²) in [6.07, 6.45) is 0.631. The number of ketones is 1. The Balaban J connectivity index is 1.64. The van der Waals surface area contributed by atoms with E-state index < -0.39 is 17.6 Å². The number of nitrogens with zero attached hydrogens (tertiary/aromatic N) is 1. The van der Waals surface area contributed by atoms with Crippen LogP contribution in [0.5, 0.6) is 5.75 Å². The lowest BCUT2D eigenvalue weighted by Crippen LogP contribution is -2.39. The third-order valence-corrected chi connectivity index (χ3v) is 7.36. The van der Waals surface area contributed by atoms with Crippen LogP contribution < -0.4 is 15.0 Å². The fourth-order valence-corrected chi connectivity index (χ4v) is 5.47. The Morgan fingerprint density at radius 3 is 2.56 bits per heavy atom. The van der Waals surface area contributed by atoms with Gasteiger partial charge in [-0.25, -0.2) is 0 Å². The molecule has 0 spiro atoms. The van der Waals surface area contributed by atoms with Crippen LogP contribution in [0.15, 0.2) is 60.7 Å². The minimum Gasteiger partial charge on any atom is -0.485 e. The maximum absolute atomic E-state index is 13.6. The number of carbonyl (C=O) groups is 4. The molecule has 1 aliphatic rings. The van der Waals surface area contributed by atoms with Gasteiger partial charge in [0.2, 0.25) is 12.2 Å². The van der Waals surface area contributed by atoms with Gasteiger partial charge in [-0.3, -0.25) is 14.4 Å². The fraction of sp³-hybridized carbons (Fsp3) is 0.333. The molecule has 0 aromatic heterocycles. The number of benzene rings is 3. The van der Waals surface area contributed by atoms with Crippen molar-refractivity contribution < 1.29 is 28.7 Å². The predicted molar refractivity (Wildman–Crippen MR) is 152 cm³/mol. The Bertz CT molecular complexity index is 1360. The number of nitrogens with one attached hydrogen (secondary N) is 1. The summed E-state index contributed by atoms with van der Waals surface area (Å²) in [6.45, 7) is 5.73. The van der Waals surface area contributed by atoms with Crippen LogP contribution >= 0.6 is 11.8 Å². The highest BCUT2D eigenvalue weighted by Crippen LogP contribution is 2.34. The highest BCUT2D eigenvalue weighted by Gasteiger charge is 2.29. The molecule has 1 N–H and O–H groups in total. The van der Waals surface area contributed by atoms with Crippen molar-refractivity contribution in [2.75, 3.05) is 23.8 Å². The lowest BCUT2D eigenvalue weighted by molar-refractivity contribution is -0.155. The van der Waals surface area contributed by atoms with Crippen LogP contribution in [-0.4, -0.2) is 55.0 Å². The molecule has 0 radical (unpaired) electrons. The highest BCUT2D eigenvalue weighted by atomic mass is 32.2. The van der Waals surface area contributed by atoms with Crippen molar-refractivity contribution in [3.63, 3.8) is 0 Å². The van der Waals surface area contributed by atoms with E-state index in [1.165, 1.54) is 0 Å². The van der Waals surface area contributed by atoms with Gasteiger partial charge in [0.15, 0.2) is 6.61 Å². The molecule has 3 aromatic rings. The molecule has 4 rings (SSSR count). The number of carbonyl (C=O) groups excluding carboxylic acids is 4. The molecular formula is C30H32N2O6S. The van der Waals surface area contributed by atoms with Gasteiger partial charge in [-0.15, -0.1) is 11.8 Å². The number of anilines is 1. The second-order valence-electron chi connectivity index (χ2n) is 10.2. The van der Waals surface area contributed by atoms with Crippen LogP contribution in [0.3, 0.4) is 0 Å². The number of ether oxygens (including phenoxy) is 2. The minimum atomic E-state index is -1.15. The van der Waals surface area contributed by atoms with E-state index in [1.54, 1.807) is 50.7 Å². The smallest absolute Gasteiger partial charge is 0.308 e. The molecule has 1 unspecified atom stereocenters. The van der Waals surface area contributed by atoms with E-state index in [2.05, 4.69) is 5.32 Å². The van der Waals surface area contributed by atoms with Crippen molar-refractivity contribution in [3.8, 4) is 5.75 Å². The standard InChI is InChI=1S/C30H32N2O6S/c1-30(2,3)38-28(36)16-22(17-33)32(19-34)25-12-11-21(29-31-13-14-39-29)15-24(25)26(35)18-37-27-10-6-8-20-7-4-5-9-23(20)27/h4-12,15,17,19,22,29,31H,13-14,16,18H2,1-3H3/t22-,29?/m0/s1. The van der Waals surface area contributed by atoms with Crippen molar-refractivity contribution in [2.24, 2.45) is 0 Å². The van der Waals surface area contributed by atoms with Crippen LogP contribution in [0.25, 0.3) is 10.8 Å². The lowest BCUT2D eigenvalue weighted by Gasteiger charge is -2.27. The van der Waals surface area contributed by atoms with E-state index >= 15 is 0 Å². The number of esters is 1. The van der Waals surface area contributed by atoms with Crippen LogP contribution in [0.1, 0.15) is 48.5 Å². The third-order valence-electron chi connectivity index (χ3n) is 6.15. The van der Waals surface area contributed by atoms with E-state index in [1.807, 2.05) is 42.5 Å². The maximum atomic E-state index is 13.6. The molecule has 0 bridgehead atoms. The number of fused-ring (bicyclic) bond motifs is 1. The Morgan fingerprint density at radius 2 is 1.87 bits per heavy atom. The number of amides is 1. The van der Waals surface area contributed by atoms with Crippen LogP contribution in [0.4, 0.5) is 5.69 Å². The summed E-state index contributed by atoms with van der Waals surface area (Å²) in [5, 5.41) is 5.24. The number of Topliss-reactive ketones (excluding diaryl/α,β-unsaturated/α-hetero) is 1. The molecule has 3 aromatic carbocycles. The summed E-state index contributed by atoms with van der Waals surface area (Å²) in [7, 11) is 0. The zero-order chi connectivity index (χ0) is 28.0. The van der Waals surface area contributed by atoms with Gasteiger partial charge >= 0.3 is 5.97 Å². The molecule has 0 saturated carbocycles. The summed E-state index contributed by atoms with van der Waals surface area (Å²) >= 11 is 1.72. The van der Waals surface area contributed by atoms with Crippen molar-refractivity contribution in [2.45, 2.75) is 44.2 Å². The van der Waals surface area contributed by atoms with Crippen molar-refractivity contribution in [1.82, 2.24) is 5.32 Å². The van der Waals surface area contributed by atoms with Crippen LogP contribution in [0.2, 0.25) is 0 Å². The molecule has 8 nitrogen and oxygen atoms in total. The second-order valence-corrected chi connectivity index (χ2v) is 11.4. The molecule has 1 fully saturated rings. The molecule has 1 amide bonds. The first-order valence-corrected chi connectivity index (χ1v) is 13.8. The molecule has 204 valence electrons.